The Morgan fingerprint density at radius 1 is 1.33 bits per heavy atom. The Bertz CT molecular complexity index is 375. The maximum Gasteiger partial charge on any atom is 0.328 e. The lowest BCUT2D eigenvalue weighted by atomic mass is 9.86. The van der Waals surface area contributed by atoms with Gasteiger partial charge < -0.3 is 10.8 Å². The Hall–Kier alpha value is -1.68. The summed E-state index contributed by atoms with van der Waals surface area (Å²) in [6.45, 7) is 1.33. The summed E-state index contributed by atoms with van der Waals surface area (Å²) in [5.41, 5.74) is 4.56. The molecule has 4 nitrogen and oxygen atoms in total. The maximum absolute atomic E-state index is 11.1. The van der Waals surface area contributed by atoms with Crippen LogP contribution in [0, 0.1) is 0 Å². The van der Waals surface area contributed by atoms with Gasteiger partial charge in [-0.05, 0) is 12.5 Å². The van der Waals surface area contributed by atoms with Crippen molar-refractivity contribution in [3.8, 4) is 0 Å². The molecular formula is C11H13NO3. The second-order valence-corrected chi connectivity index (χ2v) is 3.52. The SMILES string of the molecule is CC(=O)CC(N)(C(=O)O)c1ccccc1. The molecule has 0 saturated carbocycles. The van der Waals surface area contributed by atoms with Crippen LogP contribution in [-0.4, -0.2) is 16.9 Å². The molecule has 0 aromatic heterocycles. The lowest BCUT2D eigenvalue weighted by molar-refractivity contribution is -0.145. The average molecular weight is 207 g/mol. The summed E-state index contributed by atoms with van der Waals surface area (Å²) in [5, 5.41) is 9.06. The van der Waals surface area contributed by atoms with Crippen LogP contribution in [0.5, 0.6) is 0 Å². The molecule has 0 heterocycles. The van der Waals surface area contributed by atoms with Gasteiger partial charge in [0.2, 0.25) is 0 Å². The van der Waals surface area contributed by atoms with Gasteiger partial charge in [-0.1, -0.05) is 30.3 Å². The summed E-state index contributed by atoms with van der Waals surface area (Å²) in [5.74, 6) is -1.44. The van der Waals surface area contributed by atoms with Crippen LogP contribution in [0.2, 0.25) is 0 Å². The molecule has 0 spiro atoms. The topological polar surface area (TPSA) is 80.4 Å². The third-order valence-corrected chi connectivity index (χ3v) is 2.20. The Balaban J connectivity index is 3.13. The van der Waals surface area contributed by atoms with E-state index in [0.717, 1.165) is 0 Å². The molecule has 0 aliphatic rings. The van der Waals surface area contributed by atoms with Crippen LogP contribution < -0.4 is 5.73 Å². The van der Waals surface area contributed by atoms with Gasteiger partial charge in [-0.3, -0.25) is 4.79 Å². The molecule has 0 amide bonds. The molecule has 1 unspecified atom stereocenters. The molecular weight excluding hydrogens is 194 g/mol. The van der Waals surface area contributed by atoms with Crippen molar-refractivity contribution in [3.05, 3.63) is 35.9 Å². The van der Waals surface area contributed by atoms with E-state index in [0.29, 0.717) is 5.56 Å². The minimum absolute atomic E-state index is 0.202. The molecule has 0 fully saturated rings. The second kappa shape index (κ2) is 4.23. The number of aliphatic carboxylic acids is 1. The van der Waals surface area contributed by atoms with Crippen molar-refractivity contribution >= 4 is 11.8 Å². The van der Waals surface area contributed by atoms with E-state index >= 15 is 0 Å². The van der Waals surface area contributed by atoms with Gasteiger partial charge >= 0.3 is 5.97 Å². The lowest BCUT2D eigenvalue weighted by Gasteiger charge is -2.23. The van der Waals surface area contributed by atoms with Crippen molar-refractivity contribution < 1.29 is 14.7 Å². The predicted molar refractivity (Wildman–Crippen MR) is 55.2 cm³/mol. The zero-order valence-electron chi connectivity index (χ0n) is 8.43. The fourth-order valence-corrected chi connectivity index (χ4v) is 1.43. The number of carboxylic acid groups (broad SMARTS) is 1. The van der Waals surface area contributed by atoms with Gasteiger partial charge in [-0.15, -0.1) is 0 Å². The van der Waals surface area contributed by atoms with E-state index in [-0.39, 0.29) is 12.2 Å². The monoisotopic (exact) mass is 207 g/mol. The molecule has 1 rings (SSSR count). The molecule has 3 N–H and O–H groups in total. The number of carboxylic acids is 1. The summed E-state index contributed by atoms with van der Waals surface area (Å²) >= 11 is 0. The van der Waals surface area contributed by atoms with Gasteiger partial charge in [0.1, 0.15) is 11.3 Å². The second-order valence-electron chi connectivity index (χ2n) is 3.52. The number of hydrogen-bond acceptors (Lipinski definition) is 3. The highest BCUT2D eigenvalue weighted by atomic mass is 16.4. The predicted octanol–water partition coefficient (Wildman–Crippen LogP) is 0.904. The number of benzene rings is 1. The number of nitrogens with two attached hydrogens (primary N) is 1. The minimum atomic E-state index is -1.62. The lowest BCUT2D eigenvalue weighted by Crippen LogP contribution is -2.46. The van der Waals surface area contributed by atoms with E-state index in [1.165, 1.54) is 6.92 Å². The summed E-state index contributed by atoms with van der Waals surface area (Å²) in [7, 11) is 0. The Labute approximate surface area is 87.7 Å². The Kier molecular flexibility index (Phi) is 3.21. The quantitative estimate of drug-likeness (QED) is 0.768. The van der Waals surface area contributed by atoms with Gasteiger partial charge in [0.25, 0.3) is 0 Å². The molecule has 1 aromatic carbocycles. The average Bonchev–Trinajstić information content (AvgIpc) is 2.17. The zero-order chi connectivity index (χ0) is 11.5. The number of Topliss-reactive ketones (excluding diaryl/α,β-unsaturated/α-hetero) is 1. The van der Waals surface area contributed by atoms with Crippen LogP contribution in [-0.2, 0) is 15.1 Å². The summed E-state index contributed by atoms with van der Waals surface area (Å²) in [6.07, 6.45) is -0.202. The number of ketones is 1. The molecule has 80 valence electrons. The first-order valence-electron chi connectivity index (χ1n) is 4.54. The molecule has 0 aliphatic heterocycles. The molecule has 15 heavy (non-hydrogen) atoms. The molecule has 0 saturated heterocycles. The van der Waals surface area contributed by atoms with Gasteiger partial charge in [0.15, 0.2) is 0 Å². The van der Waals surface area contributed by atoms with Crippen LogP contribution in [0.1, 0.15) is 18.9 Å². The van der Waals surface area contributed by atoms with Crippen molar-refractivity contribution in [2.45, 2.75) is 18.9 Å². The Morgan fingerprint density at radius 3 is 2.27 bits per heavy atom. The van der Waals surface area contributed by atoms with Crippen LogP contribution in [0.3, 0.4) is 0 Å². The minimum Gasteiger partial charge on any atom is -0.480 e. The third kappa shape index (κ3) is 2.41. The Morgan fingerprint density at radius 2 is 1.87 bits per heavy atom. The molecule has 0 radical (unpaired) electrons. The van der Waals surface area contributed by atoms with Crippen LogP contribution in [0.25, 0.3) is 0 Å². The van der Waals surface area contributed by atoms with Gasteiger partial charge in [-0.2, -0.15) is 0 Å². The number of rotatable bonds is 4. The first-order chi connectivity index (χ1) is 6.97. The highest BCUT2D eigenvalue weighted by Gasteiger charge is 2.37. The first kappa shape index (κ1) is 11.4. The van der Waals surface area contributed by atoms with E-state index in [9.17, 15) is 9.59 Å². The smallest absolute Gasteiger partial charge is 0.328 e. The van der Waals surface area contributed by atoms with Crippen molar-refractivity contribution in [2.24, 2.45) is 5.73 Å². The molecule has 1 atom stereocenters. The van der Waals surface area contributed by atoms with E-state index < -0.39 is 11.5 Å². The van der Waals surface area contributed by atoms with Crippen LogP contribution in [0.4, 0.5) is 0 Å². The van der Waals surface area contributed by atoms with Crippen molar-refractivity contribution in [1.82, 2.24) is 0 Å². The third-order valence-electron chi connectivity index (χ3n) is 2.20. The maximum atomic E-state index is 11.1. The van der Waals surface area contributed by atoms with E-state index in [4.69, 9.17) is 10.8 Å². The number of hydrogen-bond donors (Lipinski definition) is 2. The van der Waals surface area contributed by atoms with E-state index in [1.807, 2.05) is 0 Å². The van der Waals surface area contributed by atoms with Crippen molar-refractivity contribution in [3.63, 3.8) is 0 Å². The fraction of sp³-hybridized carbons (Fsp3) is 0.273. The summed E-state index contributed by atoms with van der Waals surface area (Å²) < 4.78 is 0. The van der Waals surface area contributed by atoms with Gasteiger partial charge in [0.05, 0.1) is 0 Å². The standard InChI is InChI=1S/C11H13NO3/c1-8(13)7-11(12,10(14)15)9-5-3-2-4-6-9/h2-6H,7,12H2,1H3,(H,14,15). The summed E-state index contributed by atoms with van der Waals surface area (Å²) in [4.78, 5) is 22.1. The molecule has 0 bridgehead atoms. The van der Waals surface area contributed by atoms with Gasteiger partial charge in [-0.25, -0.2) is 4.79 Å². The normalized spacial score (nSPS) is 14.3. The zero-order valence-corrected chi connectivity index (χ0v) is 8.43. The highest BCUT2D eigenvalue weighted by molar-refractivity contribution is 5.88. The number of carbonyl (C=O) groups is 2. The van der Waals surface area contributed by atoms with Gasteiger partial charge in [0, 0.05) is 6.42 Å². The first-order valence-corrected chi connectivity index (χ1v) is 4.54. The van der Waals surface area contributed by atoms with Crippen molar-refractivity contribution in [1.29, 1.82) is 0 Å². The largest absolute Gasteiger partial charge is 0.480 e. The van der Waals surface area contributed by atoms with Crippen molar-refractivity contribution in [2.75, 3.05) is 0 Å². The van der Waals surface area contributed by atoms with Crippen LogP contribution in [0.15, 0.2) is 30.3 Å². The fourth-order valence-electron chi connectivity index (χ4n) is 1.43. The van der Waals surface area contributed by atoms with E-state index in [2.05, 4.69) is 0 Å². The number of carbonyl (C=O) groups excluding carboxylic acids is 1. The van der Waals surface area contributed by atoms with E-state index in [1.54, 1.807) is 30.3 Å². The summed E-state index contributed by atoms with van der Waals surface area (Å²) in [6, 6.07) is 8.37. The molecule has 1 aromatic rings. The molecule has 4 heteroatoms. The molecule has 0 aliphatic carbocycles. The van der Waals surface area contributed by atoms with Crippen LogP contribution >= 0.6 is 0 Å². The highest BCUT2D eigenvalue weighted by Crippen LogP contribution is 2.22.